The van der Waals surface area contributed by atoms with Crippen LogP contribution in [0.15, 0.2) is 36.4 Å². The van der Waals surface area contributed by atoms with Gasteiger partial charge in [-0.2, -0.15) is 0 Å². The topological polar surface area (TPSA) is 89.6 Å². The summed E-state index contributed by atoms with van der Waals surface area (Å²) in [6, 6.07) is 9.04. The first-order valence-electron chi connectivity index (χ1n) is 4.51. The second-order valence-electron chi connectivity index (χ2n) is 3.14. The number of hydrogen-bond donors (Lipinski definition) is 2. The van der Waals surface area contributed by atoms with Crippen LogP contribution in [0.3, 0.4) is 0 Å². The van der Waals surface area contributed by atoms with Crippen LogP contribution < -0.4 is 5.50 Å². The van der Waals surface area contributed by atoms with Crippen LogP contribution in [0.1, 0.15) is 5.56 Å². The molecule has 1 rings (SSSR count). The minimum atomic E-state index is -3.97. The van der Waals surface area contributed by atoms with Crippen molar-refractivity contribution in [2.45, 2.75) is 12.5 Å². The Labute approximate surface area is 93.0 Å². The van der Waals surface area contributed by atoms with Gasteiger partial charge >= 0.3 is 0 Å². The van der Waals surface area contributed by atoms with E-state index >= 15 is 0 Å². The second-order valence-corrected chi connectivity index (χ2v) is 5.00. The molecule has 0 heterocycles. The van der Waals surface area contributed by atoms with Crippen LogP contribution in [0.4, 0.5) is 0 Å². The third-order valence-corrected chi connectivity index (χ3v) is 2.87. The van der Waals surface area contributed by atoms with E-state index in [0.717, 1.165) is 11.6 Å². The molecule has 16 heavy (non-hydrogen) atoms. The highest BCUT2D eigenvalue weighted by Crippen LogP contribution is 2.38. The summed E-state index contributed by atoms with van der Waals surface area (Å²) >= 11 is 0. The molecular weight excluding hydrogens is 229 g/mol. The maximum absolute atomic E-state index is 11.1. The SMILES string of the molecule is NP(=O)(O)C(C=C=O)OCc1ccccc1. The van der Waals surface area contributed by atoms with Gasteiger partial charge in [-0.1, -0.05) is 30.3 Å². The van der Waals surface area contributed by atoms with E-state index in [1.165, 1.54) is 5.94 Å². The van der Waals surface area contributed by atoms with E-state index in [1.807, 2.05) is 18.2 Å². The number of carbonyl (C=O) groups excluding carboxylic acids is 1. The molecule has 0 fully saturated rings. The maximum Gasteiger partial charge on any atom is 0.297 e. The molecule has 0 aliphatic carbocycles. The van der Waals surface area contributed by atoms with Crippen LogP contribution in [-0.2, 0) is 20.7 Å². The van der Waals surface area contributed by atoms with Gasteiger partial charge in [-0.3, -0.25) is 10.1 Å². The Morgan fingerprint density at radius 2 is 2.12 bits per heavy atom. The van der Waals surface area contributed by atoms with Gasteiger partial charge in [0.2, 0.25) is 0 Å². The predicted molar refractivity (Wildman–Crippen MR) is 59.3 cm³/mol. The van der Waals surface area contributed by atoms with E-state index in [-0.39, 0.29) is 6.61 Å². The van der Waals surface area contributed by atoms with Crippen molar-refractivity contribution < 1.29 is 19.0 Å². The molecule has 2 unspecified atom stereocenters. The molecule has 86 valence electrons. The Morgan fingerprint density at radius 3 is 2.62 bits per heavy atom. The van der Waals surface area contributed by atoms with E-state index in [4.69, 9.17) is 15.1 Å². The molecule has 0 aliphatic rings. The molecular formula is C10H12NO4P. The zero-order valence-electron chi connectivity index (χ0n) is 8.45. The summed E-state index contributed by atoms with van der Waals surface area (Å²) in [6.45, 7) is 0.103. The van der Waals surface area contributed by atoms with Crippen LogP contribution in [-0.4, -0.2) is 16.7 Å². The first-order chi connectivity index (χ1) is 7.54. The van der Waals surface area contributed by atoms with Gasteiger partial charge in [0.25, 0.3) is 7.52 Å². The van der Waals surface area contributed by atoms with Crippen molar-refractivity contribution in [3.63, 3.8) is 0 Å². The molecule has 0 radical (unpaired) electrons. The van der Waals surface area contributed by atoms with Crippen molar-refractivity contribution in [1.82, 2.24) is 0 Å². The molecule has 1 aromatic rings. The van der Waals surface area contributed by atoms with Crippen molar-refractivity contribution >= 4 is 13.5 Å². The lowest BCUT2D eigenvalue weighted by molar-refractivity contribution is 0.112. The Morgan fingerprint density at radius 1 is 1.50 bits per heavy atom. The number of benzene rings is 1. The van der Waals surface area contributed by atoms with Gasteiger partial charge in [-0.25, -0.2) is 4.79 Å². The van der Waals surface area contributed by atoms with Crippen molar-refractivity contribution in [3.8, 4) is 0 Å². The van der Waals surface area contributed by atoms with Gasteiger partial charge in [0.1, 0.15) is 5.94 Å². The van der Waals surface area contributed by atoms with E-state index in [2.05, 4.69) is 0 Å². The van der Waals surface area contributed by atoms with Crippen molar-refractivity contribution in [2.75, 3.05) is 0 Å². The van der Waals surface area contributed by atoms with Gasteiger partial charge in [-0.15, -0.1) is 0 Å². The molecule has 0 spiro atoms. The van der Waals surface area contributed by atoms with E-state index in [1.54, 1.807) is 12.1 Å². The maximum atomic E-state index is 11.1. The van der Waals surface area contributed by atoms with Gasteiger partial charge in [0, 0.05) is 6.08 Å². The van der Waals surface area contributed by atoms with E-state index < -0.39 is 13.4 Å². The molecule has 0 amide bonds. The summed E-state index contributed by atoms with van der Waals surface area (Å²) in [5.74, 6) is 0.0838. The number of nitrogens with two attached hydrogens (primary N) is 1. The minimum absolute atomic E-state index is 0.103. The zero-order valence-corrected chi connectivity index (χ0v) is 9.34. The molecule has 0 saturated heterocycles. The Kier molecular flexibility index (Phi) is 4.62. The third-order valence-electron chi connectivity index (χ3n) is 1.84. The van der Waals surface area contributed by atoms with Gasteiger partial charge < -0.3 is 9.63 Å². The molecule has 6 heteroatoms. The summed E-state index contributed by atoms with van der Waals surface area (Å²) in [6.07, 6.45) is 0.809. The van der Waals surface area contributed by atoms with Crippen molar-refractivity contribution in [2.24, 2.45) is 5.50 Å². The quantitative estimate of drug-likeness (QED) is 0.594. The Hall–Kier alpha value is -1.22. The zero-order chi connectivity index (χ0) is 12.0. The predicted octanol–water partition coefficient (Wildman–Crippen LogP) is 1.06. The molecule has 1 aromatic carbocycles. The lowest BCUT2D eigenvalue weighted by atomic mass is 10.2. The number of rotatable bonds is 5. The molecule has 0 bridgehead atoms. The summed E-state index contributed by atoms with van der Waals surface area (Å²) in [5, 5.41) is 0. The molecule has 3 N–H and O–H groups in total. The summed E-state index contributed by atoms with van der Waals surface area (Å²) in [4.78, 5) is 19.2. The van der Waals surface area contributed by atoms with Crippen LogP contribution in [0, 0.1) is 0 Å². The molecule has 0 saturated carbocycles. The first-order valence-corrected chi connectivity index (χ1v) is 6.31. The smallest absolute Gasteiger partial charge is 0.297 e. The lowest BCUT2D eigenvalue weighted by Gasteiger charge is -2.15. The van der Waals surface area contributed by atoms with E-state index in [9.17, 15) is 9.36 Å². The largest absolute Gasteiger partial charge is 0.357 e. The number of ether oxygens (including phenoxy) is 1. The van der Waals surface area contributed by atoms with Crippen molar-refractivity contribution in [1.29, 1.82) is 0 Å². The minimum Gasteiger partial charge on any atom is -0.357 e. The standard InChI is InChI=1S/C10H12NO4P/c11-16(13,14)10(6-7-12)15-8-9-4-2-1-3-5-9/h1-6,10H,8H2,(H3,11,13,14). The number of hydrogen-bond acceptors (Lipinski definition) is 3. The fraction of sp³-hybridized carbons (Fsp3) is 0.200. The van der Waals surface area contributed by atoms with Crippen LogP contribution in [0.2, 0.25) is 0 Å². The average molecular weight is 241 g/mol. The summed E-state index contributed by atoms with van der Waals surface area (Å²) in [7, 11) is -3.97. The average Bonchev–Trinajstić information content (AvgIpc) is 2.24. The summed E-state index contributed by atoms with van der Waals surface area (Å²) in [5.41, 5.74) is 5.83. The monoisotopic (exact) mass is 241 g/mol. The van der Waals surface area contributed by atoms with Crippen LogP contribution in [0.25, 0.3) is 0 Å². The third kappa shape index (κ3) is 4.11. The van der Waals surface area contributed by atoms with Gasteiger partial charge in [-0.05, 0) is 5.56 Å². The highest BCUT2D eigenvalue weighted by molar-refractivity contribution is 7.56. The van der Waals surface area contributed by atoms with Gasteiger partial charge in [0.15, 0.2) is 5.85 Å². The first kappa shape index (κ1) is 12.8. The van der Waals surface area contributed by atoms with Crippen LogP contribution in [0.5, 0.6) is 0 Å². The fourth-order valence-corrected chi connectivity index (χ4v) is 1.64. The van der Waals surface area contributed by atoms with Crippen molar-refractivity contribution in [3.05, 3.63) is 42.0 Å². The van der Waals surface area contributed by atoms with Gasteiger partial charge in [0.05, 0.1) is 6.61 Å². The Balaban J connectivity index is 2.65. The molecule has 2 atom stereocenters. The second kappa shape index (κ2) is 5.75. The fourth-order valence-electron chi connectivity index (χ4n) is 1.08. The van der Waals surface area contributed by atoms with E-state index in [0.29, 0.717) is 0 Å². The normalized spacial score (nSPS) is 15.9. The van der Waals surface area contributed by atoms with Crippen LogP contribution >= 0.6 is 7.52 Å². The molecule has 0 aliphatic heterocycles. The summed E-state index contributed by atoms with van der Waals surface area (Å²) < 4.78 is 16.2. The molecule has 5 nitrogen and oxygen atoms in total. The highest BCUT2D eigenvalue weighted by atomic mass is 31.2. The Bertz CT molecular complexity index is 422. The molecule has 0 aromatic heterocycles. The highest BCUT2D eigenvalue weighted by Gasteiger charge is 2.25. The lowest BCUT2D eigenvalue weighted by Crippen LogP contribution is -2.15.